The summed E-state index contributed by atoms with van der Waals surface area (Å²) in [5.41, 5.74) is 25.0. The van der Waals surface area contributed by atoms with Crippen LogP contribution in [0.5, 0.6) is 0 Å². The van der Waals surface area contributed by atoms with Gasteiger partial charge < -0.3 is 13.3 Å². The molecule has 0 unspecified atom stereocenters. The second-order valence-corrected chi connectivity index (χ2v) is 40.1. The van der Waals surface area contributed by atoms with Crippen molar-refractivity contribution in [2.75, 3.05) is 0 Å². The third-order valence-corrected chi connectivity index (χ3v) is 32.3. The summed E-state index contributed by atoms with van der Waals surface area (Å²) < 4.78 is 32.8. The van der Waals surface area contributed by atoms with E-state index < -0.39 is 0 Å². The van der Waals surface area contributed by atoms with E-state index in [0.29, 0.717) is 29.1 Å². The molecule has 0 amide bonds. The molecule has 0 bridgehead atoms. The van der Waals surface area contributed by atoms with Gasteiger partial charge >= 0.3 is 0 Å². The Balaban J connectivity index is 0.0000000991. The van der Waals surface area contributed by atoms with E-state index in [1.165, 1.54) is 111 Å². The van der Waals surface area contributed by atoms with Crippen LogP contribution < -0.4 is 0 Å². The smallest absolute Gasteiger partial charge is 0.238 e. The Labute approximate surface area is 809 Å². The Bertz CT molecular complexity index is 10700. The second-order valence-electron chi connectivity index (χ2n) is 36.9. The van der Waals surface area contributed by atoms with Gasteiger partial charge in [0.15, 0.2) is 5.58 Å². The third kappa shape index (κ3) is 11.7. The van der Waals surface area contributed by atoms with Crippen molar-refractivity contribution in [1.29, 1.82) is 0 Å². The minimum atomic E-state index is -0.133. The molecule has 0 atom stereocenters. The number of hydrogen-bond donors (Lipinski definition) is 0. The van der Waals surface area contributed by atoms with E-state index >= 15 is 0 Å². The highest BCUT2D eigenvalue weighted by Crippen LogP contribution is 2.55. The van der Waals surface area contributed by atoms with Crippen molar-refractivity contribution in [1.82, 2.24) is 43.6 Å². The molecule has 15 heteroatoms. The zero-order valence-electron chi connectivity index (χ0n) is 75.2. The van der Waals surface area contributed by atoms with Gasteiger partial charge in [0.25, 0.3) is 0 Å². The molecule has 12 nitrogen and oxygen atoms in total. The van der Waals surface area contributed by atoms with E-state index in [0.717, 1.165) is 159 Å². The number of aromatic nitrogens is 9. The van der Waals surface area contributed by atoms with Crippen molar-refractivity contribution in [2.45, 2.75) is 19.3 Å². The van der Waals surface area contributed by atoms with E-state index in [9.17, 15) is 0 Å². The van der Waals surface area contributed by atoms with Crippen LogP contribution in [0, 0.1) is 0 Å². The number of benzene rings is 19. The Hall–Kier alpha value is -17.6. The molecule has 0 N–H and O–H groups in total. The highest BCUT2D eigenvalue weighted by atomic mass is 32.1. The predicted molar refractivity (Wildman–Crippen MR) is 584 cm³/mol. The first kappa shape index (κ1) is 78.7. The van der Waals surface area contributed by atoms with Crippen LogP contribution >= 0.6 is 34.0 Å². The van der Waals surface area contributed by atoms with Gasteiger partial charge in [0.05, 0.1) is 49.9 Å². The quantitative estimate of drug-likeness (QED) is 0.153. The number of furan rings is 3. The van der Waals surface area contributed by atoms with Crippen LogP contribution in [0.4, 0.5) is 0 Å². The summed E-state index contributed by atoms with van der Waals surface area (Å²) in [5, 5.41) is 24.2. The van der Waals surface area contributed by atoms with Crippen LogP contribution in [0.3, 0.4) is 0 Å². The molecule has 31 aromatic rings. The van der Waals surface area contributed by atoms with Crippen LogP contribution in [0.2, 0.25) is 0 Å². The second kappa shape index (κ2) is 30.2. The molecule has 19 aromatic carbocycles. The van der Waals surface area contributed by atoms with Crippen LogP contribution in [0.15, 0.2) is 420 Å². The lowest BCUT2D eigenvalue weighted by Crippen LogP contribution is -2.14. The van der Waals surface area contributed by atoms with E-state index in [2.05, 4.69) is 416 Å². The molecule has 32 rings (SSSR count). The first-order valence-electron chi connectivity index (χ1n) is 47.1. The van der Waals surface area contributed by atoms with Gasteiger partial charge in [0.2, 0.25) is 23.6 Å². The molecule has 0 aliphatic heterocycles. The molecule has 0 spiro atoms. The van der Waals surface area contributed by atoms with Gasteiger partial charge in [-0.3, -0.25) is 13.7 Å². The Morgan fingerprint density at radius 2 is 0.750 bits per heavy atom. The average Bonchev–Trinajstić information content (AvgIpc) is 1.54. The molecule has 140 heavy (non-hydrogen) atoms. The Morgan fingerprint density at radius 1 is 0.243 bits per heavy atom. The van der Waals surface area contributed by atoms with Crippen LogP contribution in [0.25, 0.3) is 288 Å². The van der Waals surface area contributed by atoms with Crippen molar-refractivity contribution in [2.24, 2.45) is 0 Å². The van der Waals surface area contributed by atoms with Crippen molar-refractivity contribution in [3.63, 3.8) is 0 Å². The van der Waals surface area contributed by atoms with Crippen LogP contribution in [-0.2, 0) is 5.41 Å². The lowest BCUT2D eigenvalue weighted by molar-refractivity contribution is 0.652. The zero-order chi connectivity index (χ0) is 91.8. The summed E-state index contributed by atoms with van der Waals surface area (Å²) >= 11 is 5.34. The van der Waals surface area contributed by atoms with Crippen molar-refractivity contribution in [3.8, 4) is 73.9 Å². The molecule has 0 radical (unpaired) electrons. The number of nitrogens with zero attached hydrogens (tertiary/aromatic N) is 9. The minimum Gasteiger partial charge on any atom is -0.456 e. The highest BCUT2D eigenvalue weighted by Gasteiger charge is 2.39. The molecule has 654 valence electrons. The molecule has 0 saturated carbocycles. The fourth-order valence-corrected chi connectivity index (χ4v) is 26.0. The molecule has 1 aliphatic rings. The Morgan fingerprint density at radius 3 is 1.48 bits per heavy atom. The van der Waals surface area contributed by atoms with E-state index in [1.54, 1.807) is 22.7 Å². The van der Waals surface area contributed by atoms with Crippen molar-refractivity contribution >= 4 is 248 Å². The van der Waals surface area contributed by atoms with Gasteiger partial charge in [-0.2, -0.15) is 4.98 Å². The topological polar surface area (TPSA) is 132 Å². The molecule has 0 fully saturated rings. The maximum atomic E-state index is 6.94. The van der Waals surface area contributed by atoms with Gasteiger partial charge in [0, 0.05) is 137 Å². The van der Waals surface area contributed by atoms with E-state index in [-0.39, 0.29) is 5.41 Å². The maximum absolute atomic E-state index is 6.94. The largest absolute Gasteiger partial charge is 0.456 e. The first-order valence-corrected chi connectivity index (χ1v) is 49.5. The standard InChI is InChI=1S/C47H31N3O.C40H21N3OS2.C38H21N3OS/c1-47(2)37-21-10-8-19-34(37)41-38(47)25-24-35-43-45(51-44(35)41)42(29-14-4-3-5-15-29)48-46(49-43)50-39-22-11-9-18-33(39)36-27-30(23-26-40(36)50)32-20-12-16-28-13-6-7-17-31(28)32;1-5-13-29-23(9-1)24-10-2-6-14-30(24)43(29)40-41-37(22-17-19-33-28(21-22)25-11-3-7-15-31(25)45-33)36-27-18-20-34-35(38(27)44-39(36)42-40)26-12-4-8-16-32(26)46-34;1-2-10-23-21-24(18-17-22(23)9-1)35-34-28-19-20-32-33(27-13-5-8-16-31(27)42-32)36(28)43-37(34)40-38(39-35)41-29-14-6-3-11-25(29)26-12-4-7-15-30(26)41/h3-27H,1-2H3;1-21H;1-21H. The zero-order valence-corrected chi connectivity index (χ0v) is 77.6. The summed E-state index contributed by atoms with van der Waals surface area (Å²) in [6.07, 6.45) is 0. The molecular formula is C125H73N9O3S3. The first-order chi connectivity index (χ1) is 69.2. The lowest BCUT2D eigenvalue weighted by Gasteiger charge is -2.21. The summed E-state index contributed by atoms with van der Waals surface area (Å²) in [5.74, 6) is 1.89. The average molecular weight is 1850 g/mol. The fourth-order valence-electron chi connectivity index (χ4n) is 22.6. The molecule has 12 heterocycles. The summed E-state index contributed by atoms with van der Waals surface area (Å²) in [6.45, 7) is 4.60. The molecule has 1 aliphatic carbocycles. The predicted octanol–water partition coefficient (Wildman–Crippen LogP) is 34.8. The summed E-state index contributed by atoms with van der Waals surface area (Å²) in [4.78, 5) is 33.1. The molecular weight excluding hydrogens is 1770 g/mol. The van der Waals surface area contributed by atoms with Gasteiger partial charge in [-0.25, -0.2) is 24.9 Å². The number of rotatable bonds is 7. The van der Waals surface area contributed by atoms with Gasteiger partial charge in [-0.05, 0) is 159 Å². The molecule has 12 aromatic heterocycles. The van der Waals surface area contributed by atoms with Crippen molar-refractivity contribution in [3.05, 3.63) is 418 Å². The van der Waals surface area contributed by atoms with Crippen molar-refractivity contribution < 1.29 is 13.3 Å². The summed E-state index contributed by atoms with van der Waals surface area (Å²) in [7, 11) is 0. The minimum absolute atomic E-state index is 0.133. The number of para-hydroxylation sites is 6. The number of thiophene rings is 3. The van der Waals surface area contributed by atoms with E-state index in [4.69, 9.17) is 43.2 Å². The normalized spacial score (nSPS) is 12.7. The monoisotopic (exact) mass is 1840 g/mol. The summed E-state index contributed by atoms with van der Waals surface area (Å²) in [6, 6.07) is 144. The fraction of sp³-hybridized carbons (Fsp3) is 0.0240. The van der Waals surface area contributed by atoms with Crippen LogP contribution in [0.1, 0.15) is 25.0 Å². The van der Waals surface area contributed by atoms with Gasteiger partial charge in [0.1, 0.15) is 38.4 Å². The maximum Gasteiger partial charge on any atom is 0.238 e. The highest BCUT2D eigenvalue weighted by molar-refractivity contribution is 7.27. The Kier molecular flexibility index (Phi) is 17.0. The van der Waals surface area contributed by atoms with Gasteiger partial charge in [-0.1, -0.05) is 311 Å². The number of fused-ring (bicyclic) bond motifs is 35. The van der Waals surface area contributed by atoms with Crippen LogP contribution in [-0.4, -0.2) is 43.6 Å². The van der Waals surface area contributed by atoms with E-state index in [1.807, 2.05) is 29.5 Å². The number of hydrogen-bond acceptors (Lipinski definition) is 12. The lowest BCUT2D eigenvalue weighted by atomic mass is 9.82. The van der Waals surface area contributed by atoms with Gasteiger partial charge in [-0.15, -0.1) is 34.0 Å². The third-order valence-electron chi connectivity index (χ3n) is 28.9. The molecule has 0 saturated heterocycles. The SMILES string of the molecule is CC1(C)c2ccccc2-c2c1ccc1c2oc2c(-c3ccccc3)nc(-n3c4ccccc4c4cc(-c5cccc6ccccc56)ccc43)nc21.c1ccc2c(c1)sc1ccc(-c3nc(-n4c5ccccc5c5ccccc54)nc4oc5c(ccc6sc7ccccc7c65)c34)cc12.c1ccc2cc(-c3nc(-n4c5ccccc5c5ccccc54)nc4sc5c(ccc6oc7ccccc7c65)c34)ccc2c1.